The van der Waals surface area contributed by atoms with Crippen LogP contribution in [0.15, 0.2) is 12.4 Å². The molecule has 0 amide bonds. The highest BCUT2D eigenvalue weighted by atomic mass is 28.5. The number of carbonyl (C=O) groups is 1. The fraction of sp³-hybridized carbons (Fsp3) is 0.818. The highest BCUT2D eigenvalue weighted by molar-refractivity contribution is 6.84. The number of rotatable bonds is 7. The number of ether oxygens (including phenoxy) is 2. The number of aromatic nitrogens is 2. The summed E-state index contributed by atoms with van der Waals surface area (Å²) in [6, 6.07) is 0. The Morgan fingerprint density at radius 3 is 2.17 bits per heavy atom. The molecule has 1 aromatic rings. The van der Waals surface area contributed by atoms with Crippen LogP contribution >= 0.6 is 0 Å². The molecule has 198 valence electrons. The molecule has 0 aliphatic carbocycles. The van der Waals surface area contributed by atoms with Crippen LogP contribution in [0.25, 0.3) is 0 Å². The molecule has 0 radical (unpaired) electrons. The molecule has 0 spiro atoms. The van der Waals surface area contributed by atoms with E-state index in [1.807, 2.05) is 0 Å². The van der Waals surface area contributed by atoms with Gasteiger partial charge in [-0.25, -0.2) is 0 Å². The first-order chi connectivity index (χ1) is 16.3. The number of hydrogen-bond acceptors (Lipinski definition) is 9. The van der Waals surface area contributed by atoms with Crippen molar-refractivity contribution in [1.82, 2.24) is 9.55 Å². The third-order valence-electron chi connectivity index (χ3n) is 7.00. The summed E-state index contributed by atoms with van der Waals surface area (Å²) in [7, 11) is -5.79. The van der Waals surface area contributed by atoms with Crippen molar-refractivity contribution in [3.63, 3.8) is 0 Å². The Morgan fingerprint density at radius 1 is 1.11 bits per heavy atom. The van der Waals surface area contributed by atoms with Crippen molar-refractivity contribution in [2.24, 2.45) is 0 Å². The Balaban J connectivity index is 2.15. The van der Waals surface area contributed by atoms with Crippen molar-refractivity contribution in [2.45, 2.75) is 109 Å². The van der Waals surface area contributed by atoms with Crippen LogP contribution in [0.3, 0.4) is 0 Å². The molecule has 35 heavy (non-hydrogen) atoms. The number of esters is 1. The second kappa shape index (κ2) is 10.4. The van der Waals surface area contributed by atoms with Gasteiger partial charge in [0.05, 0.1) is 6.61 Å². The topological polar surface area (TPSA) is 124 Å². The van der Waals surface area contributed by atoms with Crippen molar-refractivity contribution in [3.05, 3.63) is 22.5 Å². The second-order valence-corrected chi connectivity index (χ2v) is 19.4. The standard InChI is InChI=1S/C22H39N3O8Si2/c1-13(2)34(14(3)4)29-12-18-19(32-35(33-34,15(5)6)16(7)8)20(30-17(9)26)21(31-18)24-11-10-23-22(24)25(27)28/h10-11,13-16,18-21H,12H2,1-9H3/t18-,19-,20+,21-/m1/s1. The largest absolute Gasteiger partial charge is 0.453 e. The summed E-state index contributed by atoms with van der Waals surface area (Å²) < 4.78 is 34.2. The van der Waals surface area contributed by atoms with Gasteiger partial charge in [0.15, 0.2) is 6.10 Å². The summed E-state index contributed by atoms with van der Waals surface area (Å²) in [5, 5.41) is 11.6. The molecule has 0 N–H and O–H groups in total. The lowest BCUT2D eigenvalue weighted by molar-refractivity contribution is -0.398. The Hall–Kier alpha value is -1.65. The minimum absolute atomic E-state index is 0.0637. The molecular formula is C22H39N3O8Si2. The molecule has 11 nitrogen and oxygen atoms in total. The predicted octanol–water partition coefficient (Wildman–Crippen LogP) is 4.58. The van der Waals surface area contributed by atoms with Crippen LogP contribution in [0, 0.1) is 10.1 Å². The van der Waals surface area contributed by atoms with Gasteiger partial charge in [-0.2, -0.15) is 4.57 Å². The normalized spacial score (nSPS) is 28.3. The highest BCUT2D eigenvalue weighted by Gasteiger charge is 2.63. The van der Waals surface area contributed by atoms with E-state index in [1.165, 1.54) is 23.9 Å². The highest BCUT2D eigenvalue weighted by Crippen LogP contribution is 2.49. The van der Waals surface area contributed by atoms with Crippen molar-refractivity contribution in [2.75, 3.05) is 6.61 Å². The number of nitrogens with zero attached hydrogens (tertiary/aromatic N) is 3. The van der Waals surface area contributed by atoms with Gasteiger partial charge in [-0.05, 0) is 27.1 Å². The Bertz CT molecular complexity index is 906. The fourth-order valence-electron chi connectivity index (χ4n) is 5.31. The molecule has 0 saturated carbocycles. The van der Waals surface area contributed by atoms with E-state index in [0.29, 0.717) is 0 Å². The van der Waals surface area contributed by atoms with Gasteiger partial charge in [-0.1, -0.05) is 60.4 Å². The molecule has 0 aromatic carbocycles. The summed E-state index contributed by atoms with van der Waals surface area (Å²) in [5.41, 5.74) is 0.439. The van der Waals surface area contributed by atoms with E-state index < -0.39 is 58.5 Å². The summed E-state index contributed by atoms with van der Waals surface area (Å²) >= 11 is 0. The predicted molar refractivity (Wildman–Crippen MR) is 132 cm³/mol. The first kappa shape index (κ1) is 27.9. The van der Waals surface area contributed by atoms with Crippen LogP contribution in [0.5, 0.6) is 0 Å². The van der Waals surface area contributed by atoms with Crippen LogP contribution in [0.2, 0.25) is 22.2 Å². The number of nitro groups is 1. The Kier molecular flexibility index (Phi) is 8.28. The van der Waals surface area contributed by atoms with Gasteiger partial charge < -0.3 is 32.6 Å². The lowest BCUT2D eigenvalue weighted by atomic mass is 10.1. The van der Waals surface area contributed by atoms with Crippen molar-refractivity contribution >= 4 is 29.0 Å². The zero-order valence-electron chi connectivity index (χ0n) is 22.1. The average Bonchev–Trinajstić information content (AvgIpc) is 3.32. The first-order valence-electron chi connectivity index (χ1n) is 12.3. The van der Waals surface area contributed by atoms with Gasteiger partial charge in [-0.3, -0.25) is 4.79 Å². The summed E-state index contributed by atoms with van der Waals surface area (Å²) in [4.78, 5) is 27.0. The molecule has 3 rings (SSSR count). The molecule has 3 heterocycles. The molecule has 0 unspecified atom stereocenters. The number of hydrogen-bond donors (Lipinski definition) is 0. The summed E-state index contributed by atoms with van der Waals surface area (Å²) in [6.45, 7) is 18.3. The minimum atomic E-state index is -3.00. The number of imidazole rings is 1. The molecule has 4 atom stereocenters. The molecule has 2 saturated heterocycles. The van der Waals surface area contributed by atoms with Gasteiger partial charge in [0.1, 0.15) is 24.6 Å². The lowest BCUT2D eigenvalue weighted by Crippen LogP contribution is -2.66. The quantitative estimate of drug-likeness (QED) is 0.216. The summed E-state index contributed by atoms with van der Waals surface area (Å²) in [6.07, 6.45) is -0.470. The Morgan fingerprint density at radius 2 is 1.69 bits per heavy atom. The Labute approximate surface area is 209 Å². The van der Waals surface area contributed by atoms with E-state index in [2.05, 4.69) is 60.4 Å². The smallest absolute Gasteiger partial charge is 0.436 e. The molecule has 0 bridgehead atoms. The lowest BCUT2D eigenvalue weighted by Gasteiger charge is -2.51. The van der Waals surface area contributed by atoms with Crippen LogP contribution in [0.4, 0.5) is 5.95 Å². The van der Waals surface area contributed by atoms with Crippen LogP contribution in [-0.2, 0) is 27.2 Å². The van der Waals surface area contributed by atoms with Crippen molar-refractivity contribution < 1.29 is 32.2 Å². The van der Waals surface area contributed by atoms with Crippen molar-refractivity contribution in [1.29, 1.82) is 0 Å². The third kappa shape index (κ3) is 4.98. The van der Waals surface area contributed by atoms with Crippen molar-refractivity contribution in [3.8, 4) is 0 Å². The molecule has 2 aliphatic rings. The molecule has 13 heteroatoms. The van der Waals surface area contributed by atoms with E-state index >= 15 is 0 Å². The molecular weight excluding hydrogens is 490 g/mol. The molecule has 2 fully saturated rings. The minimum Gasteiger partial charge on any atom is -0.453 e. The maximum Gasteiger partial charge on any atom is 0.436 e. The van der Waals surface area contributed by atoms with E-state index in [0.717, 1.165) is 0 Å². The monoisotopic (exact) mass is 529 g/mol. The van der Waals surface area contributed by atoms with Crippen LogP contribution in [0.1, 0.15) is 68.5 Å². The van der Waals surface area contributed by atoms with Gasteiger partial charge in [0, 0.05) is 6.92 Å². The van der Waals surface area contributed by atoms with Gasteiger partial charge >= 0.3 is 29.0 Å². The van der Waals surface area contributed by atoms with Gasteiger partial charge in [0.2, 0.25) is 6.23 Å². The number of carbonyl (C=O) groups excluding carboxylic acids is 1. The van der Waals surface area contributed by atoms with Crippen LogP contribution < -0.4 is 0 Å². The maximum absolute atomic E-state index is 12.1. The van der Waals surface area contributed by atoms with E-state index in [9.17, 15) is 14.9 Å². The average molecular weight is 530 g/mol. The van der Waals surface area contributed by atoms with E-state index in [4.69, 9.17) is 22.4 Å². The molecule has 2 aliphatic heterocycles. The molecule has 1 aromatic heterocycles. The maximum atomic E-state index is 12.1. The van der Waals surface area contributed by atoms with Gasteiger partial charge in [0.25, 0.3) is 0 Å². The number of fused-ring (bicyclic) bond motifs is 1. The van der Waals surface area contributed by atoms with E-state index in [1.54, 1.807) is 0 Å². The first-order valence-corrected chi connectivity index (χ1v) is 16.2. The SMILES string of the molecule is CC(=O)O[C@H]1[C@@H]2O[Si](C(C)C)(C(C)C)O[Si](C(C)C)(C(C)C)OC[C@H]2O[C@H]1n1ccnc1[N+](=O)[O-]. The summed E-state index contributed by atoms with van der Waals surface area (Å²) in [5.74, 6) is -0.933. The van der Waals surface area contributed by atoms with E-state index in [-0.39, 0.29) is 28.8 Å². The third-order valence-corrected chi connectivity index (χ3v) is 17.3. The zero-order chi connectivity index (χ0) is 26.3. The van der Waals surface area contributed by atoms with Crippen LogP contribution in [-0.4, -0.2) is 62.5 Å². The fourth-order valence-corrected chi connectivity index (χ4v) is 16.5. The second-order valence-electron chi connectivity index (χ2n) is 10.6. The zero-order valence-corrected chi connectivity index (χ0v) is 24.1. The van der Waals surface area contributed by atoms with Gasteiger partial charge in [-0.15, -0.1) is 0 Å².